The Morgan fingerprint density at radius 2 is 2.31 bits per heavy atom. The van der Waals surface area contributed by atoms with Crippen LogP contribution in [0.25, 0.3) is 0 Å². The molecule has 0 aromatic heterocycles. The Morgan fingerprint density at radius 1 is 1.44 bits per heavy atom. The van der Waals surface area contributed by atoms with Crippen LogP contribution in [0.2, 0.25) is 0 Å². The third-order valence-electron chi connectivity index (χ3n) is 3.34. The molecule has 2 heterocycles. The van der Waals surface area contributed by atoms with Gasteiger partial charge in [0.1, 0.15) is 5.82 Å². The molecular weight excluding hydrogens is 207 g/mol. The highest BCUT2D eigenvalue weighted by Crippen LogP contribution is 2.36. The van der Waals surface area contributed by atoms with E-state index in [-0.39, 0.29) is 17.8 Å². The van der Waals surface area contributed by atoms with E-state index in [4.69, 9.17) is 0 Å². The molecule has 16 heavy (non-hydrogen) atoms. The minimum atomic E-state index is -0.249. The first-order valence-electron chi connectivity index (χ1n) is 5.60. The SMILES string of the molecule is O=C1CC2CCCN2c2cc(F)ccc2N1. The average molecular weight is 220 g/mol. The van der Waals surface area contributed by atoms with E-state index in [2.05, 4.69) is 10.2 Å². The molecule has 3 nitrogen and oxygen atoms in total. The Kier molecular flexibility index (Phi) is 2.09. The van der Waals surface area contributed by atoms with Crippen LogP contribution in [0, 0.1) is 5.82 Å². The van der Waals surface area contributed by atoms with E-state index in [1.165, 1.54) is 12.1 Å². The molecule has 0 bridgehead atoms. The number of hydrogen-bond donors (Lipinski definition) is 1. The monoisotopic (exact) mass is 220 g/mol. The Bertz CT molecular complexity index is 447. The fourth-order valence-electron chi connectivity index (χ4n) is 2.63. The van der Waals surface area contributed by atoms with Crippen LogP contribution in [-0.4, -0.2) is 18.5 Å². The van der Waals surface area contributed by atoms with E-state index >= 15 is 0 Å². The van der Waals surface area contributed by atoms with Crippen molar-refractivity contribution < 1.29 is 9.18 Å². The van der Waals surface area contributed by atoms with Crippen LogP contribution in [0.4, 0.5) is 15.8 Å². The molecule has 0 saturated carbocycles. The number of amides is 1. The highest BCUT2D eigenvalue weighted by atomic mass is 19.1. The molecule has 1 N–H and O–H groups in total. The fourth-order valence-corrected chi connectivity index (χ4v) is 2.63. The Hall–Kier alpha value is -1.58. The number of nitrogens with one attached hydrogen (secondary N) is 1. The van der Waals surface area contributed by atoms with Crippen LogP contribution < -0.4 is 10.2 Å². The van der Waals surface area contributed by atoms with Crippen LogP contribution in [0.1, 0.15) is 19.3 Å². The maximum Gasteiger partial charge on any atom is 0.226 e. The van der Waals surface area contributed by atoms with Crippen LogP contribution in [0.15, 0.2) is 18.2 Å². The summed E-state index contributed by atoms with van der Waals surface area (Å²) in [6.07, 6.45) is 2.60. The third kappa shape index (κ3) is 1.45. The highest BCUT2D eigenvalue weighted by Gasteiger charge is 2.31. The second kappa shape index (κ2) is 3.47. The number of benzene rings is 1. The van der Waals surface area contributed by atoms with Gasteiger partial charge in [0.2, 0.25) is 5.91 Å². The van der Waals surface area contributed by atoms with Gasteiger partial charge in [-0.1, -0.05) is 0 Å². The van der Waals surface area contributed by atoms with Gasteiger partial charge in [-0.3, -0.25) is 4.79 Å². The molecule has 1 fully saturated rings. The summed E-state index contributed by atoms with van der Waals surface area (Å²) in [5, 5.41) is 2.83. The Morgan fingerprint density at radius 3 is 3.19 bits per heavy atom. The largest absolute Gasteiger partial charge is 0.366 e. The van der Waals surface area contributed by atoms with Crippen molar-refractivity contribution in [2.24, 2.45) is 0 Å². The third-order valence-corrected chi connectivity index (χ3v) is 3.34. The summed E-state index contributed by atoms with van der Waals surface area (Å²) in [4.78, 5) is 13.8. The van der Waals surface area contributed by atoms with Gasteiger partial charge in [-0.2, -0.15) is 0 Å². The van der Waals surface area contributed by atoms with Gasteiger partial charge >= 0.3 is 0 Å². The van der Waals surface area contributed by atoms with Crippen molar-refractivity contribution in [3.63, 3.8) is 0 Å². The number of anilines is 2. The van der Waals surface area contributed by atoms with Crippen molar-refractivity contribution in [3.8, 4) is 0 Å². The van der Waals surface area contributed by atoms with Crippen molar-refractivity contribution in [1.82, 2.24) is 0 Å². The van der Waals surface area contributed by atoms with Crippen LogP contribution >= 0.6 is 0 Å². The van der Waals surface area contributed by atoms with E-state index in [1.54, 1.807) is 6.07 Å². The van der Waals surface area contributed by atoms with Crippen LogP contribution in [0.5, 0.6) is 0 Å². The molecule has 1 amide bonds. The Balaban J connectivity index is 2.10. The molecule has 0 spiro atoms. The Labute approximate surface area is 93.2 Å². The normalized spacial score (nSPS) is 23.4. The van der Waals surface area contributed by atoms with Crippen molar-refractivity contribution in [3.05, 3.63) is 24.0 Å². The first-order chi connectivity index (χ1) is 7.74. The molecular formula is C12H13FN2O. The number of nitrogens with zero attached hydrogens (tertiary/aromatic N) is 1. The molecule has 84 valence electrons. The summed E-state index contributed by atoms with van der Waals surface area (Å²) >= 11 is 0. The van der Waals surface area contributed by atoms with Gasteiger partial charge in [0, 0.05) is 19.0 Å². The maximum atomic E-state index is 13.2. The molecule has 0 aliphatic carbocycles. The van der Waals surface area contributed by atoms with E-state index in [9.17, 15) is 9.18 Å². The van der Waals surface area contributed by atoms with Gasteiger partial charge in [-0.05, 0) is 31.0 Å². The smallest absolute Gasteiger partial charge is 0.226 e. The van der Waals surface area contributed by atoms with Crippen molar-refractivity contribution in [2.75, 3.05) is 16.8 Å². The molecule has 1 atom stereocenters. The van der Waals surface area contributed by atoms with Gasteiger partial charge < -0.3 is 10.2 Å². The predicted octanol–water partition coefficient (Wildman–Crippen LogP) is 2.14. The lowest BCUT2D eigenvalue weighted by atomic mass is 10.1. The zero-order valence-electron chi connectivity index (χ0n) is 8.87. The maximum absolute atomic E-state index is 13.2. The lowest BCUT2D eigenvalue weighted by Crippen LogP contribution is -2.29. The van der Waals surface area contributed by atoms with Crippen LogP contribution in [0.3, 0.4) is 0 Å². The van der Waals surface area contributed by atoms with E-state index < -0.39 is 0 Å². The van der Waals surface area contributed by atoms with E-state index in [0.717, 1.165) is 30.8 Å². The quantitative estimate of drug-likeness (QED) is 0.726. The fraction of sp³-hybridized carbons (Fsp3) is 0.417. The van der Waals surface area contributed by atoms with Gasteiger partial charge in [-0.15, -0.1) is 0 Å². The summed E-state index contributed by atoms with van der Waals surface area (Å²) in [6, 6.07) is 4.78. The topological polar surface area (TPSA) is 32.3 Å². The van der Waals surface area contributed by atoms with Crippen molar-refractivity contribution in [2.45, 2.75) is 25.3 Å². The van der Waals surface area contributed by atoms with Gasteiger partial charge in [0.25, 0.3) is 0 Å². The summed E-state index contributed by atoms with van der Waals surface area (Å²) in [7, 11) is 0. The molecule has 1 aromatic carbocycles. The summed E-state index contributed by atoms with van der Waals surface area (Å²) in [6.45, 7) is 0.913. The number of hydrogen-bond acceptors (Lipinski definition) is 2. The molecule has 4 heteroatoms. The van der Waals surface area contributed by atoms with E-state index in [0.29, 0.717) is 6.42 Å². The number of rotatable bonds is 0. The zero-order chi connectivity index (χ0) is 11.1. The first kappa shape index (κ1) is 9.63. The minimum Gasteiger partial charge on any atom is -0.366 e. The summed E-state index contributed by atoms with van der Waals surface area (Å²) in [5.74, 6) is -0.220. The lowest BCUT2D eigenvalue weighted by molar-refractivity contribution is -0.116. The minimum absolute atomic E-state index is 0.0299. The zero-order valence-corrected chi connectivity index (χ0v) is 8.87. The first-order valence-corrected chi connectivity index (χ1v) is 5.60. The second-order valence-corrected chi connectivity index (χ2v) is 4.40. The molecule has 2 aliphatic rings. The summed E-state index contributed by atoms with van der Waals surface area (Å²) < 4.78 is 13.2. The van der Waals surface area contributed by atoms with Gasteiger partial charge in [0.05, 0.1) is 11.4 Å². The number of halogens is 1. The number of fused-ring (bicyclic) bond motifs is 3. The average Bonchev–Trinajstić information content (AvgIpc) is 2.64. The summed E-state index contributed by atoms with van der Waals surface area (Å²) in [5.41, 5.74) is 1.56. The van der Waals surface area contributed by atoms with Crippen molar-refractivity contribution in [1.29, 1.82) is 0 Å². The lowest BCUT2D eigenvalue weighted by Gasteiger charge is -2.24. The molecule has 0 radical (unpaired) electrons. The molecule has 1 saturated heterocycles. The molecule has 3 rings (SSSR count). The van der Waals surface area contributed by atoms with Gasteiger partial charge in [-0.25, -0.2) is 4.39 Å². The van der Waals surface area contributed by atoms with Gasteiger partial charge in [0.15, 0.2) is 0 Å². The highest BCUT2D eigenvalue weighted by molar-refractivity contribution is 5.96. The molecule has 2 aliphatic heterocycles. The standard InChI is InChI=1S/C12H13FN2O/c13-8-3-4-10-11(6-8)15-5-1-2-9(15)7-12(16)14-10/h3-4,6,9H,1-2,5,7H2,(H,14,16). The molecule has 1 aromatic rings. The molecule has 1 unspecified atom stereocenters. The van der Waals surface area contributed by atoms with Crippen molar-refractivity contribution >= 4 is 17.3 Å². The number of carbonyl (C=O) groups excluding carboxylic acids is 1. The van der Waals surface area contributed by atoms with Crippen LogP contribution in [-0.2, 0) is 4.79 Å². The second-order valence-electron chi connectivity index (χ2n) is 4.40. The predicted molar refractivity (Wildman–Crippen MR) is 60.0 cm³/mol. The number of carbonyl (C=O) groups is 1. The van der Waals surface area contributed by atoms with E-state index in [1.807, 2.05) is 0 Å².